The lowest BCUT2D eigenvalue weighted by molar-refractivity contribution is 0.0695. The SMILES string of the molecule is Cc1oc(CN[C@@H](C)c2cccc(Br)c2)cc1C(=O)O. The van der Waals surface area contributed by atoms with Gasteiger partial charge < -0.3 is 14.8 Å². The van der Waals surface area contributed by atoms with Gasteiger partial charge in [0.25, 0.3) is 0 Å². The zero-order valence-electron chi connectivity index (χ0n) is 11.3. The summed E-state index contributed by atoms with van der Waals surface area (Å²) < 4.78 is 6.47. The third-order valence-electron chi connectivity index (χ3n) is 3.13. The molecule has 0 radical (unpaired) electrons. The number of hydrogen-bond donors (Lipinski definition) is 2. The van der Waals surface area contributed by atoms with Crippen LogP contribution < -0.4 is 5.32 Å². The van der Waals surface area contributed by atoms with E-state index in [1.165, 1.54) is 0 Å². The van der Waals surface area contributed by atoms with Gasteiger partial charge in [0, 0.05) is 10.5 Å². The van der Waals surface area contributed by atoms with Crippen molar-refractivity contribution < 1.29 is 14.3 Å². The van der Waals surface area contributed by atoms with Gasteiger partial charge in [0.05, 0.1) is 6.54 Å². The Kier molecular flexibility index (Phi) is 4.62. The van der Waals surface area contributed by atoms with Crippen molar-refractivity contribution >= 4 is 21.9 Å². The molecule has 2 N–H and O–H groups in total. The molecule has 0 spiro atoms. The first kappa shape index (κ1) is 14.8. The van der Waals surface area contributed by atoms with E-state index in [2.05, 4.69) is 28.2 Å². The van der Waals surface area contributed by atoms with Crippen LogP contribution in [-0.2, 0) is 6.54 Å². The van der Waals surface area contributed by atoms with Crippen LogP contribution in [0.5, 0.6) is 0 Å². The zero-order chi connectivity index (χ0) is 14.7. The molecule has 1 heterocycles. The molecule has 0 fully saturated rings. The number of benzene rings is 1. The van der Waals surface area contributed by atoms with Crippen LogP contribution in [0.15, 0.2) is 39.2 Å². The van der Waals surface area contributed by atoms with Gasteiger partial charge in [-0.25, -0.2) is 4.79 Å². The number of nitrogens with one attached hydrogen (secondary N) is 1. The molecule has 0 aliphatic heterocycles. The van der Waals surface area contributed by atoms with Crippen molar-refractivity contribution in [3.05, 3.63) is 57.5 Å². The number of rotatable bonds is 5. The Hall–Kier alpha value is -1.59. The van der Waals surface area contributed by atoms with Crippen molar-refractivity contribution in [2.75, 3.05) is 0 Å². The van der Waals surface area contributed by atoms with Gasteiger partial charge in [-0.3, -0.25) is 0 Å². The Bertz CT molecular complexity index is 621. The smallest absolute Gasteiger partial charge is 0.339 e. The minimum Gasteiger partial charge on any atom is -0.478 e. The molecule has 2 rings (SSSR count). The molecule has 0 saturated heterocycles. The quantitative estimate of drug-likeness (QED) is 0.868. The number of carboxylic acid groups (broad SMARTS) is 1. The highest BCUT2D eigenvalue weighted by Gasteiger charge is 2.14. The van der Waals surface area contributed by atoms with Crippen molar-refractivity contribution in [2.24, 2.45) is 0 Å². The van der Waals surface area contributed by atoms with E-state index >= 15 is 0 Å². The Balaban J connectivity index is 2.01. The standard InChI is InChI=1S/C15H16BrNO3/c1-9(11-4-3-5-12(16)6-11)17-8-13-7-14(15(18)19)10(2)20-13/h3-7,9,17H,8H2,1-2H3,(H,18,19)/t9-/m0/s1. The molecule has 0 bridgehead atoms. The predicted molar refractivity (Wildman–Crippen MR) is 79.8 cm³/mol. The minimum absolute atomic E-state index is 0.145. The van der Waals surface area contributed by atoms with Gasteiger partial charge >= 0.3 is 5.97 Å². The van der Waals surface area contributed by atoms with Crippen molar-refractivity contribution in [3.8, 4) is 0 Å². The fourth-order valence-electron chi connectivity index (χ4n) is 1.99. The summed E-state index contributed by atoms with van der Waals surface area (Å²) in [5.41, 5.74) is 1.37. The third kappa shape index (κ3) is 3.49. The van der Waals surface area contributed by atoms with Gasteiger partial charge in [0.15, 0.2) is 0 Å². The van der Waals surface area contributed by atoms with Gasteiger partial charge in [0.2, 0.25) is 0 Å². The predicted octanol–water partition coefficient (Wildman–Crippen LogP) is 3.90. The summed E-state index contributed by atoms with van der Waals surface area (Å²) in [5, 5.41) is 12.3. The van der Waals surface area contributed by atoms with Crippen LogP contribution in [0.3, 0.4) is 0 Å². The van der Waals surface area contributed by atoms with Crippen molar-refractivity contribution in [1.29, 1.82) is 0 Å². The number of aromatic carboxylic acids is 1. The number of carbonyl (C=O) groups is 1. The second-order valence-electron chi connectivity index (χ2n) is 4.65. The molecule has 20 heavy (non-hydrogen) atoms. The largest absolute Gasteiger partial charge is 0.478 e. The first-order valence-electron chi connectivity index (χ1n) is 6.29. The van der Waals surface area contributed by atoms with Gasteiger partial charge in [-0.15, -0.1) is 0 Å². The maximum Gasteiger partial charge on any atom is 0.339 e. The van der Waals surface area contributed by atoms with Crippen LogP contribution >= 0.6 is 15.9 Å². The molecular formula is C15H16BrNO3. The lowest BCUT2D eigenvalue weighted by atomic mass is 10.1. The van der Waals surface area contributed by atoms with Gasteiger partial charge in [-0.05, 0) is 37.6 Å². The highest BCUT2D eigenvalue weighted by Crippen LogP contribution is 2.19. The Labute approximate surface area is 125 Å². The molecule has 0 unspecified atom stereocenters. The molecule has 5 heteroatoms. The summed E-state index contributed by atoms with van der Waals surface area (Å²) in [6.45, 7) is 4.20. The first-order valence-corrected chi connectivity index (χ1v) is 7.08. The van der Waals surface area contributed by atoms with Gasteiger partial charge in [-0.1, -0.05) is 28.1 Å². The van der Waals surface area contributed by atoms with E-state index < -0.39 is 5.97 Å². The lowest BCUT2D eigenvalue weighted by Crippen LogP contribution is -2.17. The molecule has 1 aromatic carbocycles. The van der Waals surface area contributed by atoms with Gasteiger partial charge in [0.1, 0.15) is 17.1 Å². The molecule has 0 amide bonds. The summed E-state index contributed by atoms with van der Waals surface area (Å²) >= 11 is 3.44. The first-order chi connectivity index (χ1) is 9.47. The highest BCUT2D eigenvalue weighted by atomic mass is 79.9. The van der Waals surface area contributed by atoms with E-state index in [0.29, 0.717) is 18.1 Å². The lowest BCUT2D eigenvalue weighted by Gasteiger charge is -2.13. The van der Waals surface area contributed by atoms with Crippen LogP contribution in [-0.4, -0.2) is 11.1 Å². The topological polar surface area (TPSA) is 62.5 Å². The van der Waals surface area contributed by atoms with Crippen LogP contribution in [0.2, 0.25) is 0 Å². The van der Waals surface area contributed by atoms with E-state index in [1.54, 1.807) is 13.0 Å². The fraction of sp³-hybridized carbons (Fsp3) is 0.267. The molecule has 4 nitrogen and oxygen atoms in total. The summed E-state index contributed by atoms with van der Waals surface area (Å²) in [6.07, 6.45) is 0. The van der Waals surface area contributed by atoms with Crippen LogP contribution in [0.25, 0.3) is 0 Å². The molecule has 1 aromatic heterocycles. The molecular weight excluding hydrogens is 322 g/mol. The third-order valence-corrected chi connectivity index (χ3v) is 3.62. The minimum atomic E-state index is -0.961. The number of furan rings is 1. The monoisotopic (exact) mass is 337 g/mol. The average Bonchev–Trinajstić information content (AvgIpc) is 2.77. The maximum atomic E-state index is 10.9. The molecule has 2 aromatic rings. The highest BCUT2D eigenvalue weighted by molar-refractivity contribution is 9.10. The van der Waals surface area contributed by atoms with E-state index in [1.807, 2.05) is 24.3 Å². The summed E-state index contributed by atoms with van der Waals surface area (Å²) in [7, 11) is 0. The molecule has 1 atom stereocenters. The van der Waals surface area contributed by atoms with Crippen LogP contribution in [0.4, 0.5) is 0 Å². The van der Waals surface area contributed by atoms with E-state index in [0.717, 1.165) is 10.0 Å². The van der Waals surface area contributed by atoms with Gasteiger partial charge in [-0.2, -0.15) is 0 Å². The Morgan fingerprint density at radius 1 is 1.45 bits per heavy atom. The summed E-state index contributed by atoms with van der Waals surface area (Å²) in [5.74, 6) is 0.101. The van der Waals surface area contributed by atoms with Crippen LogP contribution in [0, 0.1) is 6.92 Å². The average molecular weight is 338 g/mol. The maximum absolute atomic E-state index is 10.9. The molecule has 0 aliphatic carbocycles. The number of aryl methyl sites for hydroxylation is 1. The fourth-order valence-corrected chi connectivity index (χ4v) is 2.41. The van der Waals surface area contributed by atoms with Crippen molar-refractivity contribution in [1.82, 2.24) is 5.32 Å². The summed E-state index contributed by atoms with van der Waals surface area (Å²) in [6, 6.07) is 9.76. The number of halogens is 1. The summed E-state index contributed by atoms with van der Waals surface area (Å²) in [4.78, 5) is 10.9. The number of hydrogen-bond acceptors (Lipinski definition) is 3. The molecule has 106 valence electrons. The van der Waals surface area contributed by atoms with E-state index in [4.69, 9.17) is 9.52 Å². The second kappa shape index (κ2) is 6.24. The molecule has 0 saturated carbocycles. The number of carboxylic acids is 1. The van der Waals surface area contributed by atoms with Crippen molar-refractivity contribution in [3.63, 3.8) is 0 Å². The Morgan fingerprint density at radius 2 is 2.20 bits per heavy atom. The van der Waals surface area contributed by atoms with E-state index in [9.17, 15) is 4.79 Å². The van der Waals surface area contributed by atoms with E-state index in [-0.39, 0.29) is 11.6 Å². The van der Waals surface area contributed by atoms with Crippen LogP contribution in [0.1, 0.15) is 40.4 Å². The van der Waals surface area contributed by atoms with Crippen molar-refractivity contribution in [2.45, 2.75) is 26.4 Å². The Morgan fingerprint density at radius 3 is 2.80 bits per heavy atom. The molecule has 0 aliphatic rings. The normalized spacial score (nSPS) is 12.3. The zero-order valence-corrected chi connectivity index (χ0v) is 12.9. The second-order valence-corrected chi connectivity index (χ2v) is 5.56.